The number of para-hydroxylation sites is 1. The molecule has 7 heteroatoms. The van der Waals surface area contributed by atoms with E-state index in [9.17, 15) is 4.79 Å². The number of carbonyl (C=O) groups excluding carboxylic acids is 1. The molecule has 0 aliphatic heterocycles. The maximum atomic E-state index is 12.3. The van der Waals surface area contributed by atoms with Crippen LogP contribution in [0.1, 0.15) is 41.8 Å². The van der Waals surface area contributed by atoms with E-state index in [1.807, 2.05) is 60.0 Å². The zero-order valence-corrected chi connectivity index (χ0v) is 19.2. The Hall–Kier alpha value is -3.32. The molecule has 0 radical (unpaired) electrons. The van der Waals surface area contributed by atoms with Crippen LogP contribution in [-0.4, -0.2) is 26.7 Å². The Kier molecular flexibility index (Phi) is 6.75. The van der Waals surface area contributed by atoms with Crippen molar-refractivity contribution in [1.29, 1.82) is 0 Å². The fraction of sp³-hybridized carbons (Fsp3) is 0.240. The second-order valence-electron chi connectivity index (χ2n) is 7.67. The van der Waals surface area contributed by atoms with Crippen molar-refractivity contribution in [3.63, 3.8) is 0 Å². The van der Waals surface area contributed by atoms with Crippen molar-refractivity contribution in [3.8, 4) is 17.3 Å². The molecule has 0 fully saturated rings. The molecule has 0 bridgehead atoms. The smallest absolute Gasteiger partial charge is 0.251 e. The van der Waals surface area contributed by atoms with Crippen LogP contribution in [0, 0.1) is 6.92 Å². The summed E-state index contributed by atoms with van der Waals surface area (Å²) in [6, 6.07) is 19.7. The Balaban J connectivity index is 1.55. The summed E-state index contributed by atoms with van der Waals surface area (Å²) in [6.45, 7) is 6.13. The zero-order valence-electron chi connectivity index (χ0n) is 18.4. The van der Waals surface area contributed by atoms with Crippen molar-refractivity contribution >= 4 is 17.7 Å². The van der Waals surface area contributed by atoms with Crippen LogP contribution in [0.4, 0.5) is 0 Å². The number of nitrogens with zero attached hydrogens (tertiary/aromatic N) is 3. The third kappa shape index (κ3) is 4.78. The van der Waals surface area contributed by atoms with Gasteiger partial charge in [0.25, 0.3) is 5.91 Å². The van der Waals surface area contributed by atoms with Crippen LogP contribution >= 0.6 is 11.8 Å². The molecule has 1 unspecified atom stereocenters. The Bertz CT molecular complexity index is 1180. The first-order valence-corrected chi connectivity index (χ1v) is 11.6. The van der Waals surface area contributed by atoms with E-state index < -0.39 is 0 Å². The number of amides is 1. The number of hydrogen-bond acceptors (Lipinski definition) is 5. The average Bonchev–Trinajstić information content (AvgIpc) is 3.48. The molecule has 0 aliphatic carbocycles. The standard InChI is InChI=1S/C25H26N4O2S/c1-4-18(3)26-24(30)20-13-11-19(12-14-20)16-32-25-28-27-23(22-10-7-15-31-22)29(25)21-9-6-5-8-17(21)2/h5-15,18H,4,16H2,1-3H3,(H,26,30). The Morgan fingerprint density at radius 1 is 1.09 bits per heavy atom. The highest BCUT2D eigenvalue weighted by molar-refractivity contribution is 7.98. The molecule has 0 spiro atoms. The van der Waals surface area contributed by atoms with Gasteiger partial charge in [0.2, 0.25) is 5.82 Å². The van der Waals surface area contributed by atoms with Gasteiger partial charge in [-0.1, -0.05) is 49.0 Å². The second-order valence-corrected chi connectivity index (χ2v) is 8.62. The average molecular weight is 447 g/mol. The first kappa shape index (κ1) is 21.9. The maximum Gasteiger partial charge on any atom is 0.251 e. The number of furan rings is 1. The summed E-state index contributed by atoms with van der Waals surface area (Å²) in [6.07, 6.45) is 2.54. The molecule has 2 aromatic carbocycles. The first-order chi connectivity index (χ1) is 15.6. The largest absolute Gasteiger partial charge is 0.461 e. The van der Waals surface area contributed by atoms with Crippen LogP contribution in [0.25, 0.3) is 17.3 Å². The molecule has 6 nitrogen and oxygen atoms in total. The summed E-state index contributed by atoms with van der Waals surface area (Å²) in [4.78, 5) is 12.3. The number of aromatic nitrogens is 3. The molecule has 1 N–H and O–H groups in total. The molecule has 4 rings (SSSR count). The van der Waals surface area contributed by atoms with Gasteiger partial charge in [0.05, 0.1) is 12.0 Å². The van der Waals surface area contributed by atoms with Crippen molar-refractivity contribution in [2.75, 3.05) is 0 Å². The second kappa shape index (κ2) is 9.87. The van der Waals surface area contributed by atoms with Crippen molar-refractivity contribution < 1.29 is 9.21 Å². The van der Waals surface area contributed by atoms with Gasteiger partial charge in [0, 0.05) is 17.4 Å². The number of hydrogen-bond donors (Lipinski definition) is 1. The van der Waals surface area contributed by atoms with E-state index in [1.54, 1.807) is 18.0 Å². The van der Waals surface area contributed by atoms with Gasteiger partial charge < -0.3 is 9.73 Å². The molecule has 2 aromatic heterocycles. The van der Waals surface area contributed by atoms with E-state index >= 15 is 0 Å². The third-order valence-electron chi connectivity index (χ3n) is 5.31. The summed E-state index contributed by atoms with van der Waals surface area (Å²) in [7, 11) is 0. The van der Waals surface area contributed by atoms with Crippen molar-refractivity contribution in [1.82, 2.24) is 20.1 Å². The lowest BCUT2D eigenvalue weighted by atomic mass is 10.1. The lowest BCUT2D eigenvalue weighted by Gasteiger charge is -2.12. The van der Waals surface area contributed by atoms with Gasteiger partial charge in [-0.2, -0.15) is 0 Å². The highest BCUT2D eigenvalue weighted by Gasteiger charge is 2.19. The van der Waals surface area contributed by atoms with Crippen LogP contribution in [0.5, 0.6) is 0 Å². The van der Waals surface area contributed by atoms with Gasteiger partial charge >= 0.3 is 0 Å². The van der Waals surface area contributed by atoms with Crippen LogP contribution in [0.15, 0.2) is 76.5 Å². The summed E-state index contributed by atoms with van der Waals surface area (Å²) < 4.78 is 7.63. The van der Waals surface area contributed by atoms with Gasteiger partial charge in [-0.05, 0) is 61.7 Å². The number of nitrogens with one attached hydrogen (secondary N) is 1. The monoisotopic (exact) mass is 446 g/mol. The molecular weight excluding hydrogens is 420 g/mol. The van der Waals surface area contributed by atoms with Crippen molar-refractivity contribution in [2.45, 2.75) is 44.1 Å². The third-order valence-corrected chi connectivity index (χ3v) is 6.31. The number of carbonyl (C=O) groups is 1. The van der Waals surface area contributed by atoms with Crippen LogP contribution in [0.2, 0.25) is 0 Å². The fourth-order valence-electron chi connectivity index (χ4n) is 3.27. The maximum absolute atomic E-state index is 12.3. The predicted octanol–water partition coefficient (Wildman–Crippen LogP) is 5.66. The van der Waals surface area contributed by atoms with Crippen molar-refractivity contribution in [2.24, 2.45) is 0 Å². The van der Waals surface area contributed by atoms with Gasteiger partial charge in [-0.25, -0.2) is 0 Å². The minimum atomic E-state index is -0.0408. The zero-order chi connectivity index (χ0) is 22.5. The van der Waals surface area contributed by atoms with Gasteiger partial charge in [-0.15, -0.1) is 10.2 Å². The lowest BCUT2D eigenvalue weighted by molar-refractivity contribution is 0.0939. The van der Waals surface area contributed by atoms with Crippen LogP contribution in [0.3, 0.4) is 0 Å². The van der Waals surface area contributed by atoms with Gasteiger partial charge in [0.15, 0.2) is 10.9 Å². The van der Waals surface area contributed by atoms with Crippen LogP contribution in [-0.2, 0) is 5.75 Å². The molecule has 164 valence electrons. The minimum Gasteiger partial charge on any atom is -0.461 e. The molecule has 0 aliphatic rings. The topological polar surface area (TPSA) is 73.0 Å². The fourth-order valence-corrected chi connectivity index (χ4v) is 4.17. The van der Waals surface area contributed by atoms with Crippen molar-refractivity contribution in [3.05, 3.63) is 83.6 Å². The summed E-state index contributed by atoms with van der Waals surface area (Å²) >= 11 is 1.60. The van der Waals surface area contributed by atoms with E-state index in [0.717, 1.165) is 28.4 Å². The number of aryl methyl sites for hydroxylation is 1. The molecular formula is C25H26N4O2S. The molecule has 0 saturated carbocycles. The van der Waals surface area contributed by atoms with E-state index in [-0.39, 0.29) is 11.9 Å². The lowest BCUT2D eigenvalue weighted by Crippen LogP contribution is -2.31. The van der Waals surface area contributed by atoms with E-state index in [2.05, 4.69) is 41.5 Å². The Labute approximate surface area is 192 Å². The SMILES string of the molecule is CCC(C)NC(=O)c1ccc(CSc2nnc(-c3ccco3)n2-c2ccccc2C)cc1. The molecule has 0 saturated heterocycles. The molecule has 2 heterocycles. The van der Waals surface area contributed by atoms with E-state index in [4.69, 9.17) is 4.42 Å². The predicted molar refractivity (Wildman–Crippen MR) is 127 cm³/mol. The van der Waals surface area contributed by atoms with Gasteiger partial charge in [0.1, 0.15) is 0 Å². The summed E-state index contributed by atoms with van der Waals surface area (Å²) in [5.74, 6) is 2.00. The molecule has 1 amide bonds. The molecule has 4 aromatic rings. The summed E-state index contributed by atoms with van der Waals surface area (Å²) in [5.41, 5.74) is 3.92. The Morgan fingerprint density at radius 3 is 2.56 bits per heavy atom. The quantitative estimate of drug-likeness (QED) is 0.354. The Morgan fingerprint density at radius 2 is 1.88 bits per heavy atom. The highest BCUT2D eigenvalue weighted by Crippen LogP contribution is 2.31. The normalized spacial score (nSPS) is 12.0. The van der Waals surface area contributed by atoms with E-state index in [1.165, 1.54) is 0 Å². The molecule has 1 atom stereocenters. The van der Waals surface area contributed by atoms with Gasteiger partial charge in [-0.3, -0.25) is 9.36 Å². The number of rotatable bonds is 8. The summed E-state index contributed by atoms with van der Waals surface area (Å²) in [5, 5.41) is 12.6. The first-order valence-electron chi connectivity index (χ1n) is 10.6. The number of benzene rings is 2. The minimum absolute atomic E-state index is 0.0408. The molecule has 32 heavy (non-hydrogen) atoms. The van der Waals surface area contributed by atoms with Crippen LogP contribution < -0.4 is 5.32 Å². The number of thioether (sulfide) groups is 1. The van der Waals surface area contributed by atoms with E-state index in [0.29, 0.717) is 22.9 Å². The highest BCUT2D eigenvalue weighted by atomic mass is 32.2.